The average molecular weight is 326 g/mol. The van der Waals surface area contributed by atoms with E-state index in [-0.39, 0.29) is 25.9 Å². The minimum absolute atomic E-state index is 0. The number of benzene rings is 1. The predicted octanol–water partition coefficient (Wildman–Crippen LogP) is 0.542. The van der Waals surface area contributed by atoms with Crippen molar-refractivity contribution < 1.29 is 23.4 Å². The van der Waals surface area contributed by atoms with E-state index < -0.39 is 0 Å². The number of thiophene rings is 1. The molecule has 3 nitrogen and oxygen atoms in total. The van der Waals surface area contributed by atoms with Gasteiger partial charge < -0.3 is 17.1 Å². The quantitative estimate of drug-likeness (QED) is 0.726. The van der Waals surface area contributed by atoms with Gasteiger partial charge in [0.25, 0.3) is 0 Å². The minimum atomic E-state index is -0.236. The molecule has 0 N–H and O–H groups in total. The summed E-state index contributed by atoms with van der Waals surface area (Å²) in [5.41, 5.74) is 1.26. The Balaban J connectivity index is 0.00000220. The molecule has 0 aliphatic carbocycles. The number of ether oxygens (including phenoxy) is 1. The number of carbonyl (C=O) groups is 1. The third-order valence-corrected chi connectivity index (χ3v) is 3.74. The number of esters is 1. The Hall–Kier alpha value is -1.36. The Morgan fingerprint density at radius 1 is 1.29 bits per heavy atom. The van der Waals surface area contributed by atoms with Gasteiger partial charge in [0.15, 0.2) is 0 Å². The van der Waals surface area contributed by atoms with Crippen LogP contribution in [0, 0.1) is 0 Å². The molecule has 0 aliphatic rings. The molecule has 0 saturated heterocycles. The lowest BCUT2D eigenvalue weighted by Gasteiger charge is -2.21. The topological polar surface area (TPSA) is 29.5 Å². The molecule has 114 valence electrons. The third-order valence-electron chi connectivity index (χ3n) is 2.89. The fraction of sp³-hybridized carbons (Fsp3) is 0.312. The van der Waals surface area contributed by atoms with Gasteiger partial charge in [0.1, 0.15) is 11.0 Å². The molecule has 0 bridgehead atoms. The van der Waals surface area contributed by atoms with Gasteiger partial charge >= 0.3 is 7.40 Å². The van der Waals surface area contributed by atoms with E-state index in [4.69, 9.17) is 4.74 Å². The fourth-order valence-corrected chi connectivity index (χ4v) is 2.68. The minimum Gasteiger partial charge on any atom is -1.00 e. The van der Waals surface area contributed by atoms with Crippen molar-refractivity contribution in [3.8, 4) is 0 Å². The van der Waals surface area contributed by atoms with Crippen LogP contribution < -0.4 is 12.4 Å². The highest BCUT2D eigenvalue weighted by molar-refractivity contribution is 7.11. The second-order valence-electron chi connectivity index (χ2n) is 4.88. The van der Waals surface area contributed by atoms with Crippen LogP contribution >= 0.6 is 11.3 Å². The Bertz CT molecular complexity index is 536. The van der Waals surface area contributed by atoms with Crippen molar-refractivity contribution in [1.82, 2.24) is 4.90 Å². The smallest absolute Gasteiger partial charge is 1.00 e. The lowest BCUT2D eigenvalue weighted by atomic mass is 10.2. The van der Waals surface area contributed by atoms with Gasteiger partial charge in [0.2, 0.25) is 0 Å². The Kier molecular flexibility index (Phi) is 7.43. The van der Waals surface area contributed by atoms with Gasteiger partial charge in [-0.1, -0.05) is 36.4 Å². The van der Waals surface area contributed by atoms with Gasteiger partial charge in [-0.2, -0.15) is 0 Å². The third kappa shape index (κ3) is 5.87. The highest BCUT2D eigenvalue weighted by Gasteiger charge is 2.14. The van der Waals surface area contributed by atoms with Crippen LogP contribution in [-0.4, -0.2) is 30.6 Å². The SMILES string of the molecule is CC(CN(C)Cc1ccccc1)OC(=O)c1cccs1.[Cl-].[H+]. The molecule has 1 aromatic carbocycles. The molecule has 1 heterocycles. The van der Waals surface area contributed by atoms with Gasteiger partial charge in [0.05, 0.1) is 0 Å². The van der Waals surface area contributed by atoms with Crippen molar-refractivity contribution in [2.75, 3.05) is 13.6 Å². The Labute approximate surface area is 137 Å². The number of halogens is 1. The number of likely N-dealkylation sites (N-methyl/N-ethyl adjacent to an activating group) is 1. The van der Waals surface area contributed by atoms with E-state index in [9.17, 15) is 4.79 Å². The lowest BCUT2D eigenvalue weighted by molar-refractivity contribution is -0.0000415. The van der Waals surface area contributed by atoms with Gasteiger partial charge in [-0.15, -0.1) is 11.3 Å². The van der Waals surface area contributed by atoms with Gasteiger partial charge in [-0.05, 0) is 31.0 Å². The number of hydrogen-bond donors (Lipinski definition) is 0. The van der Waals surface area contributed by atoms with Crippen LogP contribution in [0.4, 0.5) is 0 Å². The second-order valence-corrected chi connectivity index (χ2v) is 5.82. The number of hydrogen-bond acceptors (Lipinski definition) is 4. The van der Waals surface area contributed by atoms with Crippen LogP contribution in [-0.2, 0) is 11.3 Å². The molecule has 0 amide bonds. The van der Waals surface area contributed by atoms with E-state index in [0.717, 1.165) is 6.54 Å². The number of rotatable bonds is 6. The summed E-state index contributed by atoms with van der Waals surface area (Å²) < 4.78 is 5.43. The van der Waals surface area contributed by atoms with Crippen LogP contribution in [0.25, 0.3) is 0 Å². The highest BCUT2D eigenvalue weighted by atomic mass is 35.5. The van der Waals surface area contributed by atoms with Crippen LogP contribution in [0.1, 0.15) is 23.6 Å². The first kappa shape index (κ1) is 17.7. The summed E-state index contributed by atoms with van der Waals surface area (Å²) in [6.45, 7) is 3.49. The molecule has 2 rings (SSSR count). The zero-order valence-corrected chi connectivity index (χ0v) is 13.7. The fourth-order valence-electron chi connectivity index (χ4n) is 2.07. The molecule has 2 aromatic rings. The largest absolute Gasteiger partial charge is 1.00 e. The van der Waals surface area contributed by atoms with Crippen LogP contribution in [0.15, 0.2) is 47.8 Å². The molecule has 0 fully saturated rings. The molecule has 0 spiro atoms. The Morgan fingerprint density at radius 3 is 2.62 bits per heavy atom. The van der Waals surface area contributed by atoms with Gasteiger partial charge in [-0.25, -0.2) is 4.79 Å². The van der Waals surface area contributed by atoms with Crippen molar-refractivity contribution in [2.45, 2.75) is 19.6 Å². The summed E-state index contributed by atoms with van der Waals surface area (Å²) in [7, 11) is 2.03. The maximum atomic E-state index is 11.8. The first-order valence-electron chi connectivity index (χ1n) is 6.62. The van der Waals surface area contributed by atoms with Crippen molar-refractivity contribution in [3.05, 3.63) is 58.3 Å². The van der Waals surface area contributed by atoms with E-state index in [0.29, 0.717) is 11.4 Å². The first-order valence-corrected chi connectivity index (χ1v) is 7.50. The molecule has 1 unspecified atom stereocenters. The van der Waals surface area contributed by atoms with Crippen molar-refractivity contribution in [2.24, 2.45) is 0 Å². The van der Waals surface area contributed by atoms with Gasteiger partial charge in [0, 0.05) is 13.1 Å². The molecule has 0 radical (unpaired) electrons. The van der Waals surface area contributed by atoms with Crippen LogP contribution in [0.2, 0.25) is 0 Å². The second kappa shape index (κ2) is 8.82. The summed E-state index contributed by atoms with van der Waals surface area (Å²) in [5, 5.41) is 1.88. The summed E-state index contributed by atoms with van der Waals surface area (Å²) >= 11 is 1.41. The van der Waals surface area contributed by atoms with Crippen molar-refractivity contribution in [1.29, 1.82) is 0 Å². The van der Waals surface area contributed by atoms with E-state index in [1.54, 1.807) is 6.07 Å². The molecule has 1 aromatic heterocycles. The van der Waals surface area contributed by atoms with Gasteiger partial charge in [-0.3, -0.25) is 4.90 Å². The lowest BCUT2D eigenvalue weighted by Crippen LogP contribution is -3.00. The maximum Gasteiger partial charge on any atom is 1.00 e. The molecule has 0 aliphatic heterocycles. The predicted molar refractivity (Wildman–Crippen MR) is 83.1 cm³/mol. The Morgan fingerprint density at radius 2 is 2.00 bits per heavy atom. The van der Waals surface area contributed by atoms with Crippen LogP contribution in [0.5, 0.6) is 0 Å². The first-order chi connectivity index (χ1) is 9.65. The van der Waals surface area contributed by atoms with E-state index >= 15 is 0 Å². The summed E-state index contributed by atoms with van der Waals surface area (Å²) in [5.74, 6) is -0.236. The standard InChI is InChI=1S/C16H19NO2S.ClH/c1-13(19-16(18)15-9-6-10-20-15)11-17(2)12-14-7-4-3-5-8-14;/h3-10,13H,11-12H2,1-2H3;1H. The maximum absolute atomic E-state index is 11.8. The number of carbonyl (C=O) groups excluding carboxylic acids is 1. The highest BCUT2D eigenvalue weighted by Crippen LogP contribution is 2.12. The zero-order chi connectivity index (χ0) is 14.4. The summed E-state index contributed by atoms with van der Waals surface area (Å²) in [6.07, 6.45) is -0.127. The monoisotopic (exact) mass is 325 g/mol. The van der Waals surface area contributed by atoms with Crippen molar-refractivity contribution in [3.63, 3.8) is 0 Å². The van der Waals surface area contributed by atoms with Crippen LogP contribution in [0.3, 0.4) is 0 Å². The normalized spacial score (nSPS) is 11.8. The molecule has 1 atom stereocenters. The van der Waals surface area contributed by atoms with Crippen molar-refractivity contribution >= 4 is 17.3 Å². The number of nitrogens with zero attached hydrogens (tertiary/aromatic N) is 1. The molecular weight excluding hydrogens is 306 g/mol. The molecule has 21 heavy (non-hydrogen) atoms. The van der Waals surface area contributed by atoms with E-state index in [2.05, 4.69) is 17.0 Å². The molecule has 0 saturated carbocycles. The summed E-state index contributed by atoms with van der Waals surface area (Å²) in [6, 6.07) is 13.9. The summed E-state index contributed by atoms with van der Waals surface area (Å²) in [4.78, 5) is 14.6. The molecule has 5 heteroatoms. The average Bonchev–Trinajstić information content (AvgIpc) is 2.93. The van der Waals surface area contributed by atoms with E-state index in [1.807, 2.05) is 43.6 Å². The zero-order valence-electron chi connectivity index (χ0n) is 13.2. The van der Waals surface area contributed by atoms with E-state index in [1.165, 1.54) is 16.9 Å². The molecular formula is C16H20ClNO2S.